The number of H-pyrrole nitrogens is 1. The van der Waals surface area contributed by atoms with Gasteiger partial charge in [-0.05, 0) is 24.1 Å². The highest BCUT2D eigenvalue weighted by Crippen LogP contribution is 2.19. The Labute approximate surface area is 104 Å². The van der Waals surface area contributed by atoms with Gasteiger partial charge < -0.3 is 10.1 Å². The van der Waals surface area contributed by atoms with E-state index in [2.05, 4.69) is 9.97 Å². The lowest BCUT2D eigenvalue weighted by atomic mass is 9.96. The third-order valence-electron chi connectivity index (χ3n) is 2.72. The van der Waals surface area contributed by atoms with E-state index in [1.807, 2.05) is 6.07 Å². The monoisotopic (exact) mass is 241 g/mol. The Morgan fingerprint density at radius 2 is 2.17 bits per heavy atom. The average Bonchev–Trinajstić information content (AvgIpc) is 2.90. The van der Waals surface area contributed by atoms with E-state index in [-0.39, 0.29) is 0 Å². The molecule has 1 aromatic heterocycles. The van der Waals surface area contributed by atoms with Crippen LogP contribution in [0.2, 0.25) is 0 Å². The number of nitriles is 1. The summed E-state index contributed by atoms with van der Waals surface area (Å²) in [5, 5.41) is 17.9. The standard InChI is InChI=1S/C13H11N3O2/c14-6-10-3-1-9(2-4-10)5-11(13(17)18)12-7-15-8-16-12/h1-4,7-8,11H,5H2,(H,15,16)(H,17,18). The summed E-state index contributed by atoms with van der Waals surface area (Å²) >= 11 is 0. The molecule has 2 rings (SSSR count). The molecule has 0 radical (unpaired) electrons. The second kappa shape index (κ2) is 5.15. The van der Waals surface area contributed by atoms with Crippen molar-refractivity contribution in [2.45, 2.75) is 12.3 Å². The summed E-state index contributed by atoms with van der Waals surface area (Å²) in [7, 11) is 0. The van der Waals surface area contributed by atoms with Gasteiger partial charge in [-0.2, -0.15) is 5.26 Å². The number of carboxylic acids is 1. The van der Waals surface area contributed by atoms with Gasteiger partial charge in [-0.3, -0.25) is 4.79 Å². The molecule has 0 spiro atoms. The SMILES string of the molecule is N#Cc1ccc(CC(C(=O)O)c2cnc[nH]2)cc1. The fourth-order valence-electron chi connectivity index (χ4n) is 1.74. The molecule has 90 valence electrons. The Bertz CT molecular complexity index is 567. The zero-order valence-electron chi connectivity index (χ0n) is 9.50. The highest BCUT2D eigenvalue weighted by atomic mass is 16.4. The average molecular weight is 241 g/mol. The number of aromatic nitrogens is 2. The third kappa shape index (κ3) is 2.55. The minimum atomic E-state index is -0.899. The Hall–Kier alpha value is -2.61. The van der Waals surface area contributed by atoms with Gasteiger partial charge in [0.15, 0.2) is 0 Å². The molecule has 0 amide bonds. The molecule has 5 heteroatoms. The summed E-state index contributed by atoms with van der Waals surface area (Å²) in [5.74, 6) is -1.55. The van der Waals surface area contributed by atoms with Crippen LogP contribution in [-0.4, -0.2) is 21.0 Å². The van der Waals surface area contributed by atoms with Gasteiger partial charge in [0.05, 0.1) is 18.0 Å². The number of hydrogen-bond acceptors (Lipinski definition) is 3. The molecule has 1 heterocycles. The van der Waals surface area contributed by atoms with Gasteiger partial charge in [0, 0.05) is 11.9 Å². The van der Waals surface area contributed by atoms with Crippen molar-refractivity contribution in [3.63, 3.8) is 0 Å². The summed E-state index contributed by atoms with van der Waals surface area (Å²) in [6.07, 6.45) is 3.34. The van der Waals surface area contributed by atoms with Crippen molar-refractivity contribution in [1.29, 1.82) is 5.26 Å². The lowest BCUT2D eigenvalue weighted by Gasteiger charge is -2.10. The maximum absolute atomic E-state index is 11.2. The first-order valence-electron chi connectivity index (χ1n) is 5.41. The molecule has 2 N–H and O–H groups in total. The molecule has 0 aliphatic carbocycles. The number of benzene rings is 1. The predicted octanol–water partition coefficient (Wildman–Crippen LogP) is 1.69. The van der Waals surface area contributed by atoms with Crippen LogP contribution in [-0.2, 0) is 11.2 Å². The highest BCUT2D eigenvalue weighted by molar-refractivity contribution is 5.75. The Balaban J connectivity index is 2.19. The number of nitrogens with one attached hydrogen (secondary N) is 1. The van der Waals surface area contributed by atoms with Gasteiger partial charge in [0.2, 0.25) is 0 Å². The van der Waals surface area contributed by atoms with Crippen LogP contribution in [0.4, 0.5) is 0 Å². The normalized spacial score (nSPS) is 11.7. The summed E-state index contributed by atoms with van der Waals surface area (Å²) in [6, 6.07) is 8.93. The number of aromatic amines is 1. The molecule has 0 saturated carbocycles. The summed E-state index contributed by atoms with van der Waals surface area (Å²) < 4.78 is 0. The van der Waals surface area contributed by atoms with Crippen LogP contribution in [0.1, 0.15) is 22.7 Å². The number of nitrogens with zero attached hydrogens (tertiary/aromatic N) is 2. The first-order chi connectivity index (χ1) is 8.70. The van der Waals surface area contributed by atoms with Crippen LogP contribution in [0.3, 0.4) is 0 Å². The minimum Gasteiger partial charge on any atom is -0.481 e. The molecule has 0 aliphatic rings. The summed E-state index contributed by atoms with van der Waals surface area (Å²) in [4.78, 5) is 17.9. The second-order valence-corrected chi connectivity index (χ2v) is 3.91. The quantitative estimate of drug-likeness (QED) is 0.852. The molecule has 1 atom stereocenters. The van der Waals surface area contributed by atoms with E-state index in [4.69, 9.17) is 5.26 Å². The van der Waals surface area contributed by atoms with Crippen molar-refractivity contribution in [2.24, 2.45) is 0 Å². The Morgan fingerprint density at radius 1 is 1.44 bits per heavy atom. The Morgan fingerprint density at radius 3 is 2.67 bits per heavy atom. The molecule has 18 heavy (non-hydrogen) atoms. The van der Waals surface area contributed by atoms with Crippen molar-refractivity contribution in [3.8, 4) is 6.07 Å². The molecule has 2 aromatic rings. The van der Waals surface area contributed by atoms with E-state index in [1.165, 1.54) is 12.5 Å². The van der Waals surface area contributed by atoms with E-state index in [9.17, 15) is 9.90 Å². The number of aliphatic carboxylic acids is 1. The Kier molecular flexibility index (Phi) is 3.39. The van der Waals surface area contributed by atoms with E-state index in [0.29, 0.717) is 17.7 Å². The molecule has 0 aliphatic heterocycles. The molecular formula is C13H11N3O2. The molecule has 5 nitrogen and oxygen atoms in total. The third-order valence-corrected chi connectivity index (χ3v) is 2.72. The van der Waals surface area contributed by atoms with E-state index in [1.54, 1.807) is 24.3 Å². The minimum absolute atomic E-state index is 0.364. The van der Waals surface area contributed by atoms with E-state index >= 15 is 0 Å². The smallest absolute Gasteiger partial charge is 0.312 e. The molecular weight excluding hydrogens is 230 g/mol. The van der Waals surface area contributed by atoms with E-state index in [0.717, 1.165) is 5.56 Å². The van der Waals surface area contributed by atoms with Gasteiger partial charge >= 0.3 is 5.97 Å². The molecule has 1 unspecified atom stereocenters. The largest absolute Gasteiger partial charge is 0.481 e. The second-order valence-electron chi connectivity index (χ2n) is 3.91. The van der Waals surface area contributed by atoms with Crippen molar-refractivity contribution in [1.82, 2.24) is 9.97 Å². The predicted molar refractivity (Wildman–Crippen MR) is 63.8 cm³/mol. The fourth-order valence-corrected chi connectivity index (χ4v) is 1.74. The molecule has 0 saturated heterocycles. The number of rotatable bonds is 4. The topological polar surface area (TPSA) is 89.8 Å². The maximum atomic E-state index is 11.2. The highest BCUT2D eigenvalue weighted by Gasteiger charge is 2.21. The van der Waals surface area contributed by atoms with Crippen molar-refractivity contribution >= 4 is 5.97 Å². The van der Waals surface area contributed by atoms with Gasteiger partial charge in [0.1, 0.15) is 5.92 Å². The number of carboxylic acid groups (broad SMARTS) is 1. The number of imidazole rings is 1. The first-order valence-corrected chi connectivity index (χ1v) is 5.41. The number of carbonyl (C=O) groups is 1. The van der Waals surface area contributed by atoms with Crippen LogP contribution in [0, 0.1) is 11.3 Å². The van der Waals surface area contributed by atoms with Crippen LogP contribution in [0.25, 0.3) is 0 Å². The zero-order valence-corrected chi connectivity index (χ0v) is 9.50. The van der Waals surface area contributed by atoms with Crippen LogP contribution >= 0.6 is 0 Å². The summed E-state index contributed by atoms with van der Waals surface area (Å²) in [6.45, 7) is 0. The van der Waals surface area contributed by atoms with Crippen LogP contribution < -0.4 is 0 Å². The van der Waals surface area contributed by atoms with Gasteiger partial charge in [-0.1, -0.05) is 12.1 Å². The first kappa shape index (κ1) is 11.9. The van der Waals surface area contributed by atoms with Gasteiger partial charge in [-0.15, -0.1) is 0 Å². The lowest BCUT2D eigenvalue weighted by molar-refractivity contribution is -0.138. The van der Waals surface area contributed by atoms with Crippen LogP contribution in [0.15, 0.2) is 36.8 Å². The van der Waals surface area contributed by atoms with Crippen molar-refractivity contribution in [2.75, 3.05) is 0 Å². The summed E-state index contributed by atoms with van der Waals surface area (Å²) in [5.41, 5.74) is 2.01. The lowest BCUT2D eigenvalue weighted by Crippen LogP contribution is -2.14. The van der Waals surface area contributed by atoms with Gasteiger partial charge in [-0.25, -0.2) is 4.98 Å². The van der Waals surface area contributed by atoms with E-state index < -0.39 is 11.9 Å². The van der Waals surface area contributed by atoms with Crippen LogP contribution in [0.5, 0.6) is 0 Å². The fraction of sp³-hybridized carbons (Fsp3) is 0.154. The number of hydrogen-bond donors (Lipinski definition) is 2. The molecule has 0 bridgehead atoms. The van der Waals surface area contributed by atoms with Gasteiger partial charge in [0.25, 0.3) is 0 Å². The molecule has 0 fully saturated rings. The molecule has 1 aromatic carbocycles. The zero-order chi connectivity index (χ0) is 13.0. The van der Waals surface area contributed by atoms with Crippen molar-refractivity contribution < 1.29 is 9.90 Å². The van der Waals surface area contributed by atoms with Crippen molar-refractivity contribution in [3.05, 3.63) is 53.6 Å². The maximum Gasteiger partial charge on any atom is 0.312 e.